The Bertz CT molecular complexity index is 2200. The number of nitrogens with two attached hydrogens (primary N) is 1. The number of esters is 5. The quantitative estimate of drug-likeness (QED) is 0.0955. The molecule has 2 aromatic rings. The van der Waals surface area contributed by atoms with Gasteiger partial charge in [0.1, 0.15) is 26.3 Å². The number of ether oxygens (including phenoxy) is 5. The zero-order valence-corrected chi connectivity index (χ0v) is 45.3. The van der Waals surface area contributed by atoms with Crippen molar-refractivity contribution in [3.63, 3.8) is 0 Å². The minimum atomic E-state index is -3.60. The van der Waals surface area contributed by atoms with E-state index in [2.05, 4.69) is 18.9 Å². The van der Waals surface area contributed by atoms with E-state index in [-0.39, 0.29) is 86.7 Å². The monoisotopic (exact) mass is 1110 g/mol. The molecule has 0 radical (unpaired) electrons. The summed E-state index contributed by atoms with van der Waals surface area (Å²) in [6.45, 7) is 7.26. The van der Waals surface area contributed by atoms with E-state index in [4.69, 9.17) is 25.1 Å². The fourth-order valence-electron chi connectivity index (χ4n) is 7.77. The molecule has 5 rings (SSSR count). The Morgan fingerprint density at radius 3 is 1.21 bits per heavy atom. The molecule has 0 spiro atoms. The first kappa shape index (κ1) is 66.4. The number of carbonyl (C=O) groups excluding carboxylic acids is 6. The summed E-state index contributed by atoms with van der Waals surface area (Å²) in [6.07, 6.45) is 6.45. The number of carbonyl (C=O) groups is 7. The van der Waals surface area contributed by atoms with Crippen LogP contribution in [0.2, 0.25) is 0 Å². The molecule has 412 valence electrons. The number of carboxylic acids is 1. The molecule has 24 heteroatoms. The number of halogens is 1. The highest BCUT2D eigenvalue weighted by atomic mass is 35.5. The van der Waals surface area contributed by atoms with Gasteiger partial charge in [0.15, 0.2) is 5.12 Å². The molecule has 3 aliphatic carbocycles. The van der Waals surface area contributed by atoms with Crippen LogP contribution in [0.15, 0.2) is 60.7 Å². The molecule has 20 nitrogen and oxygen atoms in total. The number of aliphatic carboxylic acids is 1. The third-order valence-electron chi connectivity index (χ3n) is 11.6. The Hall–Kier alpha value is -4.65. The van der Waals surface area contributed by atoms with Gasteiger partial charge in [-0.15, -0.1) is 12.4 Å². The topological polar surface area (TPSA) is 304 Å². The highest BCUT2D eigenvalue weighted by molar-refractivity contribution is 8.14. The van der Waals surface area contributed by atoms with Crippen LogP contribution in [-0.2, 0) is 90.5 Å². The largest absolute Gasteiger partial charge is 0.481 e. The predicted octanol–water partition coefficient (Wildman–Crippen LogP) is 5.38. The van der Waals surface area contributed by atoms with Crippen LogP contribution in [0, 0.1) is 17.8 Å². The van der Waals surface area contributed by atoms with Crippen molar-refractivity contribution >= 4 is 85.1 Å². The van der Waals surface area contributed by atoms with Crippen LogP contribution in [0.1, 0.15) is 116 Å². The minimum absolute atomic E-state index is 0. The van der Waals surface area contributed by atoms with E-state index in [0.717, 1.165) is 36.8 Å². The zero-order chi connectivity index (χ0) is 53.5. The standard InChI is InChI=1S/C18H25NO6S.C16H20O3S.C11H19NO6S.C4H9NO2.ClH/c1-2-24-17(20)12-19-26(22,23)16-10-8-15(9-11-16)18(21)25-13-14-6-4-3-5-7-14;1-12(17)20-15-9-7-14(8-10-15)16(18)19-11-13-5-3-2-4-6-13;1-2-18-10(13)7-12-19(16,17)9-5-3-8(4-6-9)11(14)15;1-2-7-4(6)3-5;/h3-7,15-16,19H,2,8-13H2,1H3;2-6,14-15H,7-11H2,1H3;8-9,12H,2-7H2,1H3,(H,14,15);2-3,5H2,1H3;1H. The van der Waals surface area contributed by atoms with Gasteiger partial charge in [0, 0.05) is 12.2 Å². The van der Waals surface area contributed by atoms with Crippen LogP contribution in [-0.4, -0.2) is 118 Å². The van der Waals surface area contributed by atoms with E-state index in [9.17, 15) is 50.4 Å². The number of thioether (sulfide) groups is 1. The van der Waals surface area contributed by atoms with Gasteiger partial charge in [0.2, 0.25) is 20.0 Å². The van der Waals surface area contributed by atoms with E-state index >= 15 is 0 Å². The van der Waals surface area contributed by atoms with E-state index in [1.165, 1.54) is 11.8 Å². The first-order chi connectivity index (χ1) is 34.2. The minimum Gasteiger partial charge on any atom is -0.481 e. The molecule has 3 saturated carbocycles. The lowest BCUT2D eigenvalue weighted by Crippen LogP contribution is -2.40. The first-order valence-electron chi connectivity index (χ1n) is 24.2. The molecular formula is C49H74ClN3O17S3. The molecular weight excluding hydrogens is 1030 g/mol. The van der Waals surface area contributed by atoms with Crippen molar-refractivity contribution in [2.45, 2.75) is 134 Å². The maximum absolute atomic E-state index is 12.2. The van der Waals surface area contributed by atoms with Crippen molar-refractivity contribution in [2.24, 2.45) is 23.5 Å². The molecule has 3 fully saturated rings. The summed E-state index contributed by atoms with van der Waals surface area (Å²) in [7, 11) is -7.19. The van der Waals surface area contributed by atoms with Crippen LogP contribution in [0.25, 0.3) is 0 Å². The number of rotatable bonds is 20. The Morgan fingerprint density at radius 1 is 0.548 bits per heavy atom. The van der Waals surface area contributed by atoms with Gasteiger partial charge >= 0.3 is 35.8 Å². The molecule has 0 amide bonds. The maximum atomic E-state index is 12.2. The summed E-state index contributed by atoms with van der Waals surface area (Å²) in [5.74, 6) is -3.57. The highest BCUT2D eigenvalue weighted by Crippen LogP contribution is 2.33. The molecule has 0 heterocycles. The molecule has 5 N–H and O–H groups in total. The van der Waals surface area contributed by atoms with Gasteiger partial charge in [-0.25, -0.2) is 26.3 Å². The SMILES string of the molecule is CC(=O)SC1CCC(C(=O)OCc2ccccc2)CC1.CCOC(=O)CN.CCOC(=O)CNS(=O)(=O)C1CCC(C(=O)O)CC1.CCOC(=O)CNS(=O)(=O)C1CCC(C(=O)OCc2ccccc2)CC1.Cl. The summed E-state index contributed by atoms with van der Waals surface area (Å²) >= 11 is 1.41. The van der Waals surface area contributed by atoms with Crippen molar-refractivity contribution in [3.8, 4) is 0 Å². The van der Waals surface area contributed by atoms with Crippen LogP contribution in [0.3, 0.4) is 0 Å². The van der Waals surface area contributed by atoms with Gasteiger partial charge in [-0.3, -0.25) is 33.6 Å². The number of benzene rings is 2. The molecule has 0 bridgehead atoms. The van der Waals surface area contributed by atoms with E-state index < -0.39 is 54.4 Å². The van der Waals surface area contributed by atoms with Gasteiger partial charge in [0.05, 0.1) is 54.6 Å². The fraction of sp³-hybridized carbons (Fsp3) is 0.612. The van der Waals surface area contributed by atoms with Crippen LogP contribution >= 0.6 is 24.2 Å². The van der Waals surface area contributed by atoms with Gasteiger partial charge in [-0.1, -0.05) is 72.4 Å². The molecule has 0 atom stereocenters. The molecule has 0 saturated heterocycles. The Morgan fingerprint density at radius 2 is 0.890 bits per heavy atom. The lowest BCUT2D eigenvalue weighted by atomic mass is 9.89. The lowest BCUT2D eigenvalue weighted by molar-refractivity contribution is -0.151. The Kier molecular flexibility index (Phi) is 33.0. The van der Waals surface area contributed by atoms with Crippen molar-refractivity contribution in [3.05, 3.63) is 71.8 Å². The lowest BCUT2D eigenvalue weighted by Gasteiger charge is -2.27. The van der Waals surface area contributed by atoms with Crippen molar-refractivity contribution < 1.29 is 79.2 Å². The third kappa shape index (κ3) is 27.5. The predicted molar refractivity (Wildman–Crippen MR) is 276 cm³/mol. The second kappa shape index (κ2) is 36.3. The van der Waals surface area contributed by atoms with Crippen LogP contribution < -0.4 is 15.2 Å². The van der Waals surface area contributed by atoms with Gasteiger partial charge in [-0.05, 0) is 109 Å². The van der Waals surface area contributed by atoms with E-state index in [1.54, 1.807) is 27.7 Å². The summed E-state index contributed by atoms with van der Waals surface area (Å²) in [5.41, 5.74) is 6.82. The molecule has 0 aliphatic heterocycles. The van der Waals surface area contributed by atoms with Crippen molar-refractivity contribution in [2.75, 3.05) is 39.5 Å². The summed E-state index contributed by atoms with van der Waals surface area (Å²) in [4.78, 5) is 78.4. The van der Waals surface area contributed by atoms with E-state index in [0.29, 0.717) is 69.8 Å². The average Bonchev–Trinajstić information content (AvgIpc) is 3.37. The Balaban J connectivity index is 0.000000516. The molecule has 0 unspecified atom stereocenters. The van der Waals surface area contributed by atoms with Gasteiger partial charge in [-0.2, -0.15) is 0 Å². The summed E-state index contributed by atoms with van der Waals surface area (Å²) in [5, 5.41) is 8.15. The fourth-order valence-corrected chi connectivity index (χ4v) is 11.6. The smallest absolute Gasteiger partial charge is 0.320 e. The van der Waals surface area contributed by atoms with Gasteiger partial charge < -0.3 is 34.5 Å². The Labute approximate surface area is 440 Å². The van der Waals surface area contributed by atoms with Gasteiger partial charge in [0.25, 0.3) is 0 Å². The normalized spacial score (nSPS) is 20.3. The van der Waals surface area contributed by atoms with Crippen LogP contribution in [0.5, 0.6) is 0 Å². The first-order valence-corrected chi connectivity index (χ1v) is 28.2. The molecule has 0 aromatic heterocycles. The van der Waals surface area contributed by atoms with Crippen molar-refractivity contribution in [1.82, 2.24) is 9.44 Å². The number of carboxylic acid groups (broad SMARTS) is 1. The molecule has 3 aliphatic rings. The zero-order valence-electron chi connectivity index (χ0n) is 42.1. The maximum Gasteiger partial charge on any atom is 0.320 e. The second-order valence-electron chi connectivity index (χ2n) is 16.9. The van der Waals surface area contributed by atoms with Crippen LogP contribution in [0.4, 0.5) is 0 Å². The summed E-state index contributed by atoms with van der Waals surface area (Å²) in [6, 6.07) is 19.1. The van der Waals surface area contributed by atoms with E-state index in [1.807, 2.05) is 60.7 Å². The number of sulfonamides is 2. The highest BCUT2D eigenvalue weighted by Gasteiger charge is 2.35. The number of nitrogens with one attached hydrogen (secondary N) is 2. The second-order valence-corrected chi connectivity index (χ2v) is 22.5. The molecule has 2 aromatic carbocycles. The molecule has 73 heavy (non-hydrogen) atoms. The summed E-state index contributed by atoms with van der Waals surface area (Å²) < 4.78 is 77.3. The third-order valence-corrected chi connectivity index (χ3v) is 16.5. The average molecular weight is 1110 g/mol. The van der Waals surface area contributed by atoms with Crippen molar-refractivity contribution in [1.29, 1.82) is 0 Å². The number of hydrogen-bond acceptors (Lipinski definition) is 18. The number of hydrogen-bond donors (Lipinski definition) is 4.